The molecular formula is C50H81F3N6O14. The second-order valence-electron chi connectivity index (χ2n) is 21.8. The van der Waals surface area contributed by atoms with Crippen molar-refractivity contribution in [1.29, 1.82) is 0 Å². The smallest absolute Gasteiger partial charge is 0.411 e. The number of ether oxygens (including phenoxy) is 6. The van der Waals surface area contributed by atoms with Gasteiger partial charge in [0.1, 0.15) is 30.0 Å². The number of non-ortho nitro benzene ring substituents is 1. The van der Waals surface area contributed by atoms with E-state index in [0.29, 0.717) is 13.0 Å². The van der Waals surface area contributed by atoms with E-state index in [1.54, 1.807) is 69.5 Å². The van der Waals surface area contributed by atoms with Crippen LogP contribution >= 0.6 is 0 Å². The number of hydrogen-bond donors (Lipinski definition) is 5. The molecule has 0 saturated carbocycles. The monoisotopic (exact) mass is 1050 g/mol. The molecule has 5 N–H and O–H groups in total. The number of rotatable bonds is 14. The molecule has 3 fully saturated rings. The van der Waals surface area contributed by atoms with Gasteiger partial charge in [0.25, 0.3) is 5.69 Å². The van der Waals surface area contributed by atoms with E-state index >= 15 is 0 Å². The highest BCUT2D eigenvalue weighted by atomic mass is 19.4. The molecule has 2 aromatic rings. The fourth-order valence-corrected chi connectivity index (χ4v) is 11.0. The highest BCUT2D eigenvalue weighted by Gasteiger charge is 2.53. The number of carbonyl (C=O) groups is 1. The maximum atomic E-state index is 14.5. The first-order chi connectivity index (χ1) is 33.8. The van der Waals surface area contributed by atoms with Gasteiger partial charge in [-0.1, -0.05) is 38.1 Å². The average molecular weight is 1050 g/mol. The number of likely N-dealkylation sites (N-methyl/N-ethyl adjacent to an activating group) is 2. The molecule has 0 spiro atoms. The van der Waals surface area contributed by atoms with Crippen LogP contribution in [0.4, 0.5) is 18.9 Å². The predicted molar refractivity (Wildman–Crippen MR) is 259 cm³/mol. The lowest BCUT2D eigenvalue weighted by Gasteiger charge is -2.49. The van der Waals surface area contributed by atoms with Gasteiger partial charge in [0, 0.05) is 75.8 Å². The maximum absolute atomic E-state index is 14.5. The van der Waals surface area contributed by atoms with E-state index in [-0.39, 0.29) is 55.1 Å². The number of halogens is 3. The van der Waals surface area contributed by atoms with E-state index in [4.69, 9.17) is 28.4 Å². The lowest BCUT2D eigenvalue weighted by molar-refractivity contribution is -0.384. The number of hydrogen-bond acceptors (Lipinski definition) is 18. The number of benzene rings is 1. The Morgan fingerprint density at radius 2 is 1.64 bits per heavy atom. The normalized spacial score (nSPS) is 39.4. The third-order valence-electron chi connectivity index (χ3n) is 15.7. The minimum absolute atomic E-state index is 0.0407. The number of carbonyl (C=O) groups excluding carboxylic acids is 1. The Labute approximate surface area is 426 Å². The van der Waals surface area contributed by atoms with Crippen LogP contribution in [0, 0.1) is 27.9 Å². The number of nitro groups is 1. The highest BCUT2D eigenvalue weighted by Crippen LogP contribution is 2.41. The predicted octanol–water partition coefficient (Wildman–Crippen LogP) is 4.36. The van der Waals surface area contributed by atoms with Crippen LogP contribution in [0.3, 0.4) is 0 Å². The number of nitrogens with zero attached hydrogens (tertiary/aromatic N) is 6. The van der Waals surface area contributed by atoms with E-state index < -0.39 is 132 Å². The summed E-state index contributed by atoms with van der Waals surface area (Å²) in [5.74, 6) is -3.10. The molecule has 73 heavy (non-hydrogen) atoms. The molecule has 0 aliphatic carbocycles. The Morgan fingerprint density at radius 3 is 2.23 bits per heavy atom. The number of aliphatic hydroxyl groups excluding tert-OH is 3. The molecule has 23 heteroatoms. The molecule has 5 rings (SSSR count). The van der Waals surface area contributed by atoms with Crippen LogP contribution in [-0.2, 0) is 46.1 Å². The van der Waals surface area contributed by atoms with Crippen LogP contribution in [0.15, 0.2) is 30.5 Å². The number of cyclic esters (lactones) is 1. The molecule has 0 amide bonds. The van der Waals surface area contributed by atoms with Crippen molar-refractivity contribution < 1.29 is 76.8 Å². The van der Waals surface area contributed by atoms with E-state index in [9.17, 15) is 53.6 Å². The van der Waals surface area contributed by atoms with Gasteiger partial charge in [0.15, 0.2) is 18.6 Å². The van der Waals surface area contributed by atoms with Gasteiger partial charge in [-0.25, -0.2) is 4.68 Å². The standard InChI is InChI=1S/C50H81F3N6O14/c1-14-38-49(10,65)42(61)31(6)57(12)25-27(2)23-47(8,64)44(29(4)41(30(5)45(63)71-38)72-39-24-48(9,68-13)43(62)32(7)70-39)73-46-40(60)36(21-28(3)69-46)56(11)20-19-34-26-58(55-54-34)37(50(51,52)53)22-33-15-17-35(18-16-33)59(66)67/h15-18,26-32,36-44,46,60-62,64-65H,14,19-25H2,1-13H3/t27-,28-,29+,30-,31-,32+,36+,37+,38-,39+,40-,41+,42-,43+,44-,46+,47-,48-,49-/m1/s1. The highest BCUT2D eigenvalue weighted by molar-refractivity contribution is 5.73. The van der Waals surface area contributed by atoms with Crippen molar-refractivity contribution in [1.82, 2.24) is 24.8 Å². The van der Waals surface area contributed by atoms with Crippen LogP contribution in [0.5, 0.6) is 0 Å². The zero-order chi connectivity index (χ0) is 54.7. The molecule has 0 unspecified atom stereocenters. The fraction of sp³-hybridized carbons (Fsp3) is 0.820. The molecule has 1 aromatic heterocycles. The minimum Gasteiger partial charge on any atom is -0.459 e. The van der Waals surface area contributed by atoms with Crippen LogP contribution in [0.2, 0.25) is 0 Å². The Hall–Kier alpha value is -3.46. The number of esters is 1. The van der Waals surface area contributed by atoms with Gasteiger partial charge < -0.3 is 63.8 Å². The summed E-state index contributed by atoms with van der Waals surface area (Å²) in [5.41, 5.74) is -4.51. The van der Waals surface area contributed by atoms with Gasteiger partial charge in [-0.3, -0.25) is 14.9 Å². The van der Waals surface area contributed by atoms with Gasteiger partial charge >= 0.3 is 12.1 Å². The van der Waals surface area contributed by atoms with E-state index in [2.05, 4.69) is 10.3 Å². The topological polar surface area (TPSA) is 254 Å². The third-order valence-corrected chi connectivity index (χ3v) is 15.7. The summed E-state index contributed by atoms with van der Waals surface area (Å²) in [6, 6.07) is 1.47. The van der Waals surface area contributed by atoms with Crippen molar-refractivity contribution >= 4 is 11.7 Å². The summed E-state index contributed by atoms with van der Waals surface area (Å²) in [4.78, 5) is 28.6. The summed E-state index contributed by atoms with van der Waals surface area (Å²) in [5, 5.41) is 78.5. The molecule has 1 aromatic carbocycles. The summed E-state index contributed by atoms with van der Waals surface area (Å²) in [7, 11) is 4.99. The van der Waals surface area contributed by atoms with E-state index in [1.807, 2.05) is 16.7 Å². The minimum atomic E-state index is -4.73. The number of aromatic nitrogens is 3. The fourth-order valence-electron chi connectivity index (χ4n) is 11.0. The third kappa shape index (κ3) is 14.3. The van der Waals surface area contributed by atoms with Gasteiger partial charge in [-0.05, 0) is 93.3 Å². The molecule has 3 aliphatic heterocycles. The van der Waals surface area contributed by atoms with Crippen molar-refractivity contribution in [2.75, 3.05) is 34.3 Å². The molecule has 416 valence electrons. The van der Waals surface area contributed by atoms with Crippen LogP contribution in [0.1, 0.15) is 112 Å². The quantitative estimate of drug-likeness (QED) is 0.100. The van der Waals surface area contributed by atoms with Crippen LogP contribution in [-0.4, -0.2) is 192 Å². The number of nitro benzene ring substituents is 1. The largest absolute Gasteiger partial charge is 0.459 e. The molecule has 4 heterocycles. The number of methoxy groups -OCH3 is 1. The van der Waals surface area contributed by atoms with Crippen molar-refractivity contribution in [2.24, 2.45) is 17.8 Å². The molecule has 0 radical (unpaired) electrons. The van der Waals surface area contributed by atoms with Gasteiger partial charge in [-0.15, -0.1) is 5.10 Å². The van der Waals surface area contributed by atoms with Crippen molar-refractivity contribution in [3.63, 3.8) is 0 Å². The van der Waals surface area contributed by atoms with Crippen LogP contribution < -0.4 is 0 Å². The first kappa shape index (κ1) is 60.4. The average Bonchev–Trinajstić information content (AvgIpc) is 3.79. The first-order valence-corrected chi connectivity index (χ1v) is 25.3. The Morgan fingerprint density at radius 1 is 1.00 bits per heavy atom. The molecule has 3 aliphatic rings. The second kappa shape index (κ2) is 24.3. The number of alkyl halides is 3. The lowest BCUT2D eigenvalue weighted by Crippen LogP contribution is -2.61. The van der Waals surface area contributed by atoms with E-state index in [0.717, 1.165) is 16.8 Å². The Bertz CT molecular complexity index is 2100. The summed E-state index contributed by atoms with van der Waals surface area (Å²) < 4.78 is 81.8. The lowest BCUT2D eigenvalue weighted by atomic mass is 9.77. The van der Waals surface area contributed by atoms with Gasteiger partial charge in [-0.2, -0.15) is 13.2 Å². The molecule has 3 saturated heterocycles. The zero-order valence-electron chi connectivity index (χ0n) is 44.5. The van der Waals surface area contributed by atoms with Crippen molar-refractivity contribution in [3.8, 4) is 0 Å². The van der Waals surface area contributed by atoms with Gasteiger partial charge in [0.05, 0.1) is 52.2 Å². The molecular weight excluding hydrogens is 966 g/mol. The summed E-state index contributed by atoms with van der Waals surface area (Å²) in [6.07, 6.45) is -14.3. The summed E-state index contributed by atoms with van der Waals surface area (Å²) in [6.45, 7) is 17.5. The van der Waals surface area contributed by atoms with Crippen LogP contribution in [0.25, 0.3) is 0 Å². The van der Waals surface area contributed by atoms with Crippen molar-refractivity contribution in [3.05, 3.63) is 51.8 Å². The zero-order valence-corrected chi connectivity index (χ0v) is 44.5. The summed E-state index contributed by atoms with van der Waals surface area (Å²) >= 11 is 0. The molecule has 0 bridgehead atoms. The molecule has 19 atom stereocenters. The Kier molecular flexibility index (Phi) is 20.1. The van der Waals surface area contributed by atoms with Gasteiger partial charge in [0.2, 0.25) is 0 Å². The maximum Gasteiger partial charge on any atom is 0.411 e. The molecule has 20 nitrogen and oxygen atoms in total. The second-order valence-corrected chi connectivity index (χ2v) is 21.8. The SMILES string of the molecule is CC[C@H]1OC(=O)[C@H](C)[C@@H](O[C@H]2C[C@@](C)(OC)[C@@H](O)[C@H](C)O2)[C@H](C)[C@@H](O[C@@H]2O[C@H](C)C[C@H](N(C)CCc3cn([C@@H](Cc4ccc([N+](=O)[O-])cc4)C(F)(F)F)nn3)[C@H]2O)[C@](C)(O)C[C@@H](C)CN(C)[C@H](C)[C@@H](O)[C@]1(C)O. The number of aliphatic hydroxyl groups is 5. The van der Waals surface area contributed by atoms with Crippen molar-refractivity contribution in [2.45, 2.75) is 210 Å². The van der Waals surface area contributed by atoms with E-state index in [1.165, 1.54) is 32.4 Å². The first-order valence-electron chi connectivity index (χ1n) is 25.3. The Balaban J connectivity index is 1.45.